The summed E-state index contributed by atoms with van der Waals surface area (Å²) in [7, 11) is 2.60. The fraction of sp³-hybridized carbons (Fsp3) is 0.435. The van der Waals surface area contributed by atoms with Crippen molar-refractivity contribution < 1.29 is 23.2 Å². The number of rotatable bonds is 11. The van der Waals surface area contributed by atoms with E-state index in [0.29, 0.717) is 24.2 Å². The summed E-state index contributed by atoms with van der Waals surface area (Å²) >= 11 is 0. The van der Waals surface area contributed by atoms with Crippen LogP contribution in [-0.4, -0.2) is 28.3 Å². The highest BCUT2D eigenvalue weighted by Crippen LogP contribution is 2.36. The monoisotopic (exact) mass is 452 g/mol. The average Bonchev–Trinajstić information content (AvgIpc) is 3.08. The van der Waals surface area contributed by atoms with Crippen molar-refractivity contribution in [3.8, 4) is 0 Å². The molecule has 0 saturated carbocycles. The Morgan fingerprint density at radius 2 is 2.06 bits per heavy atom. The summed E-state index contributed by atoms with van der Waals surface area (Å²) in [6.07, 6.45) is 3.87. The fourth-order valence-electron chi connectivity index (χ4n) is 3.47. The molecule has 0 saturated heterocycles. The highest BCUT2D eigenvalue weighted by Gasteiger charge is 2.32. The molecule has 1 aromatic carbocycles. The zero-order chi connectivity index (χ0) is 23.2. The van der Waals surface area contributed by atoms with E-state index in [4.69, 9.17) is 4.42 Å². The summed E-state index contributed by atoms with van der Waals surface area (Å²) in [4.78, 5) is 11.4. The van der Waals surface area contributed by atoms with Crippen molar-refractivity contribution in [2.75, 3.05) is 6.54 Å². The van der Waals surface area contributed by atoms with E-state index in [9.17, 15) is 18.8 Å². The molecule has 31 heavy (non-hydrogen) atoms. The van der Waals surface area contributed by atoms with Gasteiger partial charge in [0.25, 0.3) is 0 Å². The van der Waals surface area contributed by atoms with E-state index in [1.54, 1.807) is 19.9 Å². The molecular weight excluding hydrogens is 421 g/mol. The quantitative estimate of drug-likeness (QED) is 0.286. The summed E-state index contributed by atoms with van der Waals surface area (Å²) in [6, 6.07) is 9.27. The zero-order valence-corrected chi connectivity index (χ0v) is 19.6. The standard InChI is InChI=1S/C23H31F2N2O3P/c1-16(11-17(2)21-12-18(3)30-22(21)23(4,24)25)7-6-10-27(29)26(15-28)14-19-8-5-9-20(31)13-19/h5,8-9,11-13,15-16,29H,6-7,10,14,31H2,1-4H3/b17-11+/t16-/m0/s1. The van der Waals surface area contributed by atoms with Crippen LogP contribution in [0.3, 0.4) is 0 Å². The van der Waals surface area contributed by atoms with Gasteiger partial charge in [-0.25, -0.2) is 0 Å². The molecule has 0 fully saturated rings. The molecule has 0 aliphatic rings. The first-order valence-corrected chi connectivity index (χ1v) is 10.8. The van der Waals surface area contributed by atoms with Crippen LogP contribution in [0.2, 0.25) is 0 Å². The molecule has 1 N–H and O–H groups in total. The lowest BCUT2D eigenvalue weighted by molar-refractivity contribution is -0.236. The number of allylic oxidation sites excluding steroid dienone is 2. The Kier molecular flexibility index (Phi) is 8.92. The molecule has 1 unspecified atom stereocenters. The maximum Gasteiger partial charge on any atom is 0.302 e. The molecule has 0 aliphatic carbocycles. The number of carbonyl (C=O) groups excluding carboxylic acids is 1. The second kappa shape index (κ2) is 11.0. The number of alkyl halides is 2. The molecule has 0 bridgehead atoms. The second-order valence-electron chi connectivity index (χ2n) is 8.00. The fourth-order valence-corrected chi connectivity index (χ4v) is 3.79. The van der Waals surface area contributed by atoms with Crippen LogP contribution in [-0.2, 0) is 17.3 Å². The molecule has 2 aromatic rings. The number of halogens is 2. The number of hydrogen-bond acceptors (Lipinski definition) is 4. The van der Waals surface area contributed by atoms with Crippen molar-refractivity contribution in [2.45, 2.75) is 53.0 Å². The molecule has 2 atom stereocenters. The van der Waals surface area contributed by atoms with Crippen LogP contribution >= 0.6 is 9.24 Å². The van der Waals surface area contributed by atoms with E-state index in [0.717, 1.165) is 35.0 Å². The average molecular weight is 452 g/mol. The highest BCUT2D eigenvalue weighted by atomic mass is 31.0. The smallest absolute Gasteiger partial charge is 0.302 e. The van der Waals surface area contributed by atoms with Gasteiger partial charge in [-0.15, -0.1) is 9.24 Å². The number of hydrogen-bond donors (Lipinski definition) is 1. The van der Waals surface area contributed by atoms with Gasteiger partial charge in [-0.2, -0.15) is 8.78 Å². The minimum atomic E-state index is -3.05. The van der Waals surface area contributed by atoms with E-state index in [-0.39, 0.29) is 24.8 Å². The predicted octanol–water partition coefficient (Wildman–Crippen LogP) is 5.28. The normalized spacial score (nSPS) is 13.5. The van der Waals surface area contributed by atoms with Crippen LogP contribution in [0.15, 0.2) is 40.8 Å². The molecule has 1 heterocycles. The Labute approximate surface area is 184 Å². The molecule has 0 aliphatic heterocycles. The van der Waals surface area contributed by atoms with Gasteiger partial charge < -0.3 is 4.42 Å². The largest absolute Gasteiger partial charge is 0.459 e. The van der Waals surface area contributed by atoms with Gasteiger partial charge in [-0.3, -0.25) is 15.0 Å². The van der Waals surface area contributed by atoms with E-state index in [2.05, 4.69) is 9.24 Å². The minimum Gasteiger partial charge on any atom is -0.459 e. The molecule has 8 heteroatoms. The molecule has 0 spiro atoms. The van der Waals surface area contributed by atoms with Gasteiger partial charge in [-0.05, 0) is 61.2 Å². The summed E-state index contributed by atoms with van der Waals surface area (Å²) in [6.45, 7) is 6.81. The molecule has 1 amide bonds. The topological polar surface area (TPSA) is 56.9 Å². The van der Waals surface area contributed by atoms with Gasteiger partial charge in [0.1, 0.15) is 5.76 Å². The van der Waals surface area contributed by atoms with Crippen molar-refractivity contribution >= 4 is 26.5 Å². The summed E-state index contributed by atoms with van der Waals surface area (Å²) in [5.74, 6) is -2.82. The summed E-state index contributed by atoms with van der Waals surface area (Å²) in [5.41, 5.74) is 2.06. The van der Waals surface area contributed by atoms with Crippen LogP contribution in [0, 0.1) is 12.8 Å². The number of aryl methyl sites for hydroxylation is 1. The zero-order valence-electron chi connectivity index (χ0n) is 18.4. The predicted molar refractivity (Wildman–Crippen MR) is 121 cm³/mol. The van der Waals surface area contributed by atoms with E-state index in [1.807, 2.05) is 37.3 Å². The lowest BCUT2D eigenvalue weighted by Gasteiger charge is -2.26. The number of benzene rings is 1. The SMILES string of the molecule is C/C(=C\[C@@H](C)CCCN(O)N(C=O)Cc1cccc(P)c1)c1cc(C)oc1C(C)(F)F. The van der Waals surface area contributed by atoms with E-state index in [1.165, 1.54) is 5.01 Å². The molecular formula is C23H31F2N2O3P. The van der Waals surface area contributed by atoms with Crippen LogP contribution in [0.5, 0.6) is 0 Å². The number of carbonyl (C=O) groups is 1. The van der Waals surface area contributed by atoms with Crippen LogP contribution in [0.1, 0.15) is 56.3 Å². The van der Waals surface area contributed by atoms with Gasteiger partial charge in [0.2, 0.25) is 6.41 Å². The van der Waals surface area contributed by atoms with Gasteiger partial charge >= 0.3 is 5.92 Å². The van der Waals surface area contributed by atoms with Crippen molar-refractivity contribution in [3.63, 3.8) is 0 Å². The number of furan rings is 1. The highest BCUT2D eigenvalue weighted by molar-refractivity contribution is 7.27. The van der Waals surface area contributed by atoms with Crippen molar-refractivity contribution in [1.82, 2.24) is 10.2 Å². The Morgan fingerprint density at radius 3 is 2.68 bits per heavy atom. The van der Waals surface area contributed by atoms with Gasteiger partial charge in [0.05, 0.1) is 6.54 Å². The van der Waals surface area contributed by atoms with Crippen molar-refractivity contribution in [3.05, 3.63) is 59.1 Å². The molecule has 1 aromatic heterocycles. The molecule has 0 radical (unpaired) electrons. The lowest BCUT2D eigenvalue weighted by atomic mass is 9.97. The first-order valence-electron chi connectivity index (χ1n) is 10.2. The lowest BCUT2D eigenvalue weighted by Crippen LogP contribution is -2.39. The molecule has 5 nitrogen and oxygen atoms in total. The van der Waals surface area contributed by atoms with Crippen LogP contribution < -0.4 is 5.30 Å². The Morgan fingerprint density at radius 1 is 1.35 bits per heavy atom. The Bertz CT molecular complexity index is 908. The second-order valence-corrected chi connectivity index (χ2v) is 8.67. The van der Waals surface area contributed by atoms with Crippen LogP contribution in [0.4, 0.5) is 8.78 Å². The molecule has 2 rings (SSSR count). The first kappa shape index (κ1) is 25.2. The minimum absolute atomic E-state index is 0.0976. The third-order valence-electron chi connectivity index (χ3n) is 4.94. The van der Waals surface area contributed by atoms with Crippen molar-refractivity contribution in [1.29, 1.82) is 0 Å². The first-order chi connectivity index (χ1) is 14.5. The van der Waals surface area contributed by atoms with Gasteiger partial charge in [-0.1, -0.05) is 36.4 Å². The van der Waals surface area contributed by atoms with E-state index >= 15 is 0 Å². The van der Waals surface area contributed by atoms with E-state index < -0.39 is 5.92 Å². The number of amides is 1. The molecule has 170 valence electrons. The number of nitrogens with zero attached hydrogens (tertiary/aromatic N) is 2. The maximum absolute atomic E-state index is 13.8. The van der Waals surface area contributed by atoms with Crippen molar-refractivity contribution in [2.24, 2.45) is 5.92 Å². The van der Waals surface area contributed by atoms with Crippen LogP contribution in [0.25, 0.3) is 5.57 Å². The number of hydrazine groups is 1. The summed E-state index contributed by atoms with van der Waals surface area (Å²) < 4.78 is 32.9. The third kappa shape index (κ3) is 7.53. The number of hydroxylamine groups is 1. The summed E-state index contributed by atoms with van der Waals surface area (Å²) in [5, 5.41) is 13.4. The van der Waals surface area contributed by atoms with Gasteiger partial charge in [0.15, 0.2) is 5.76 Å². The maximum atomic E-state index is 13.8. The van der Waals surface area contributed by atoms with Gasteiger partial charge in [0, 0.05) is 19.0 Å². The Balaban J connectivity index is 1.92. The Hall–Kier alpha value is -2.08. The third-order valence-corrected chi connectivity index (χ3v) is 5.30.